The highest BCUT2D eigenvalue weighted by molar-refractivity contribution is 8.22. The smallest absolute Gasteiger partial charge is 0.219 e. The lowest BCUT2D eigenvalue weighted by atomic mass is 10.0. The Morgan fingerprint density at radius 3 is 2.39 bits per heavy atom. The van der Waals surface area contributed by atoms with Crippen LogP contribution in [0.2, 0.25) is 0 Å². The number of amides is 1. The number of benzene rings is 1. The number of carbonyl (C=O) groups is 1. The molecule has 0 saturated carbocycles. The number of nitrogens with zero attached hydrogens (tertiary/aromatic N) is 4. The summed E-state index contributed by atoms with van der Waals surface area (Å²) in [6, 6.07) is 13.9. The van der Waals surface area contributed by atoms with Gasteiger partial charge in [0.15, 0.2) is 0 Å². The van der Waals surface area contributed by atoms with E-state index in [-0.39, 0.29) is 17.2 Å². The summed E-state index contributed by atoms with van der Waals surface area (Å²) < 4.78 is 24.3. The second-order valence-electron chi connectivity index (χ2n) is 8.48. The molecule has 2 fully saturated rings. The molecule has 0 spiro atoms. The van der Waals surface area contributed by atoms with Crippen molar-refractivity contribution < 1.29 is 13.9 Å². The zero-order valence-corrected chi connectivity index (χ0v) is 19.0. The average molecular weight is 445 g/mol. The predicted octanol–water partition coefficient (Wildman–Crippen LogP) is 4.14. The first-order valence-electron chi connectivity index (χ1n) is 10.9. The number of carbonyl (C=O) groups excluding carboxylic acids is 1. The standard InChI is InChI=1S/C23H32N4O3S/c1-18-8-10-22(21-6-4-3-5-7-21)31(29,30)27(18)17-20-9-11-23(24-16-20)26-14-12-25(13-15-26)19(2)28/h3-7,9,11,16,18,22,29-30H,8,10,12-15,17H2,1-2H3/t18-,22?/m0/s1. The van der Waals surface area contributed by atoms with E-state index in [1.54, 1.807) is 6.92 Å². The highest BCUT2D eigenvalue weighted by Gasteiger charge is 2.40. The normalized spacial score (nSPS) is 25.3. The topological polar surface area (TPSA) is 80.1 Å². The van der Waals surface area contributed by atoms with Crippen LogP contribution in [0.1, 0.15) is 43.1 Å². The predicted molar refractivity (Wildman–Crippen MR) is 125 cm³/mol. The third-order valence-corrected chi connectivity index (χ3v) is 8.88. The Balaban J connectivity index is 1.45. The Morgan fingerprint density at radius 1 is 1.06 bits per heavy atom. The monoisotopic (exact) mass is 444 g/mol. The molecule has 31 heavy (non-hydrogen) atoms. The van der Waals surface area contributed by atoms with Crippen molar-refractivity contribution in [3.8, 4) is 0 Å². The Bertz CT molecular complexity index is 885. The second kappa shape index (κ2) is 9.16. The lowest BCUT2D eigenvalue weighted by molar-refractivity contribution is -0.129. The molecule has 3 heterocycles. The molecule has 7 nitrogen and oxygen atoms in total. The Hall–Kier alpha value is -2.13. The SMILES string of the molecule is CC(=O)N1CCN(c2ccc(CN3[C@@H](C)CCC(c4ccccc4)S3(O)O)cn2)CC1. The van der Waals surface area contributed by atoms with Crippen LogP contribution in [0.5, 0.6) is 0 Å². The minimum Gasteiger partial charge on any atom is -0.353 e. The van der Waals surface area contributed by atoms with Crippen LogP contribution in [0, 0.1) is 0 Å². The fraction of sp³-hybridized carbons (Fsp3) is 0.478. The van der Waals surface area contributed by atoms with Gasteiger partial charge in [0.1, 0.15) is 5.82 Å². The van der Waals surface area contributed by atoms with Crippen LogP contribution in [0.4, 0.5) is 5.82 Å². The van der Waals surface area contributed by atoms with Crippen molar-refractivity contribution in [3.63, 3.8) is 0 Å². The van der Waals surface area contributed by atoms with Crippen LogP contribution >= 0.6 is 10.8 Å². The van der Waals surface area contributed by atoms with E-state index in [1.807, 2.05) is 57.9 Å². The summed E-state index contributed by atoms with van der Waals surface area (Å²) in [5, 5.41) is -0.269. The highest BCUT2D eigenvalue weighted by atomic mass is 32.3. The summed E-state index contributed by atoms with van der Waals surface area (Å²) in [5.74, 6) is 1.01. The number of pyridine rings is 1. The number of piperazine rings is 1. The van der Waals surface area contributed by atoms with E-state index in [9.17, 15) is 13.9 Å². The Labute approximate surface area is 186 Å². The van der Waals surface area contributed by atoms with Crippen LogP contribution < -0.4 is 4.90 Å². The van der Waals surface area contributed by atoms with Gasteiger partial charge >= 0.3 is 0 Å². The second-order valence-corrected chi connectivity index (χ2v) is 10.6. The van der Waals surface area contributed by atoms with E-state index in [0.29, 0.717) is 19.6 Å². The maximum Gasteiger partial charge on any atom is 0.219 e. The van der Waals surface area contributed by atoms with Gasteiger partial charge < -0.3 is 9.80 Å². The first-order chi connectivity index (χ1) is 14.9. The minimum absolute atomic E-state index is 0.0873. The van der Waals surface area contributed by atoms with E-state index in [0.717, 1.165) is 42.9 Å². The lowest BCUT2D eigenvalue weighted by Crippen LogP contribution is -2.48. The van der Waals surface area contributed by atoms with Gasteiger partial charge in [-0.3, -0.25) is 13.9 Å². The summed E-state index contributed by atoms with van der Waals surface area (Å²) in [6.45, 7) is 7.10. The van der Waals surface area contributed by atoms with Gasteiger partial charge in [-0.1, -0.05) is 36.4 Å². The van der Waals surface area contributed by atoms with Gasteiger partial charge in [0.2, 0.25) is 5.91 Å². The lowest BCUT2D eigenvalue weighted by Gasteiger charge is -2.54. The molecule has 0 aliphatic carbocycles. The van der Waals surface area contributed by atoms with Gasteiger partial charge in [0.05, 0.1) is 5.25 Å². The zero-order chi connectivity index (χ0) is 22.0. The molecule has 1 aromatic carbocycles. The third-order valence-electron chi connectivity index (χ3n) is 6.43. The fourth-order valence-electron chi connectivity index (χ4n) is 4.52. The zero-order valence-electron chi connectivity index (χ0n) is 18.2. The van der Waals surface area contributed by atoms with Crippen LogP contribution in [0.3, 0.4) is 0 Å². The first-order valence-corrected chi connectivity index (χ1v) is 12.5. The van der Waals surface area contributed by atoms with Crippen LogP contribution in [-0.4, -0.2) is 61.4 Å². The summed E-state index contributed by atoms with van der Waals surface area (Å²) >= 11 is 0. The Kier molecular flexibility index (Phi) is 6.52. The molecular weight excluding hydrogens is 412 g/mol. The molecule has 1 aromatic heterocycles. The van der Waals surface area contributed by atoms with Crippen LogP contribution in [0.15, 0.2) is 48.7 Å². The van der Waals surface area contributed by atoms with Crippen LogP contribution in [-0.2, 0) is 11.3 Å². The maximum atomic E-state index is 11.5. The number of anilines is 1. The molecule has 1 unspecified atom stereocenters. The highest BCUT2D eigenvalue weighted by Crippen LogP contribution is 2.62. The molecule has 1 amide bonds. The van der Waals surface area contributed by atoms with Crippen molar-refractivity contribution in [2.24, 2.45) is 0 Å². The number of hydrogen-bond acceptors (Lipinski definition) is 6. The molecule has 2 N–H and O–H groups in total. The van der Waals surface area contributed by atoms with E-state index >= 15 is 0 Å². The van der Waals surface area contributed by atoms with Gasteiger partial charge in [0, 0.05) is 51.9 Å². The van der Waals surface area contributed by atoms with E-state index in [1.165, 1.54) is 0 Å². The van der Waals surface area contributed by atoms with Gasteiger partial charge in [-0.2, -0.15) is 4.31 Å². The van der Waals surface area contributed by atoms with E-state index in [2.05, 4.69) is 16.8 Å². The molecule has 2 aromatic rings. The summed E-state index contributed by atoms with van der Waals surface area (Å²) in [6.07, 6.45) is 3.52. The van der Waals surface area contributed by atoms with Crippen molar-refractivity contribution >= 4 is 22.5 Å². The summed E-state index contributed by atoms with van der Waals surface area (Å²) in [4.78, 5) is 20.2. The number of hydrogen-bond donors (Lipinski definition) is 2. The van der Waals surface area contributed by atoms with Crippen LogP contribution in [0.25, 0.3) is 0 Å². The molecule has 2 aliphatic rings. The molecule has 4 rings (SSSR count). The maximum absolute atomic E-state index is 11.5. The fourth-order valence-corrected chi connectivity index (χ4v) is 6.79. The Morgan fingerprint density at radius 2 is 1.77 bits per heavy atom. The van der Waals surface area contributed by atoms with Crippen molar-refractivity contribution in [1.29, 1.82) is 0 Å². The molecule has 0 bridgehead atoms. The van der Waals surface area contributed by atoms with Gasteiger partial charge in [-0.25, -0.2) is 4.98 Å². The van der Waals surface area contributed by atoms with Gasteiger partial charge in [-0.05, 0) is 37.0 Å². The molecule has 2 atom stereocenters. The minimum atomic E-state index is -2.95. The van der Waals surface area contributed by atoms with Gasteiger partial charge in [-0.15, -0.1) is 10.8 Å². The number of rotatable bonds is 4. The first kappa shape index (κ1) is 22.1. The molecule has 2 saturated heterocycles. The summed E-state index contributed by atoms with van der Waals surface area (Å²) in [5.41, 5.74) is 1.95. The quantitative estimate of drug-likeness (QED) is 0.738. The van der Waals surface area contributed by atoms with E-state index in [4.69, 9.17) is 0 Å². The largest absolute Gasteiger partial charge is 0.353 e. The molecule has 168 valence electrons. The van der Waals surface area contributed by atoms with Crippen molar-refractivity contribution in [2.45, 2.75) is 44.5 Å². The molecular formula is C23H32N4O3S. The average Bonchev–Trinajstić information content (AvgIpc) is 2.77. The molecule has 2 aliphatic heterocycles. The van der Waals surface area contributed by atoms with E-state index < -0.39 is 10.8 Å². The summed E-state index contributed by atoms with van der Waals surface area (Å²) in [7, 11) is -2.95. The van der Waals surface area contributed by atoms with Crippen molar-refractivity contribution in [2.75, 3.05) is 31.1 Å². The van der Waals surface area contributed by atoms with Gasteiger partial charge in [0.25, 0.3) is 0 Å². The number of aromatic nitrogens is 1. The van der Waals surface area contributed by atoms with Crippen molar-refractivity contribution in [3.05, 3.63) is 59.8 Å². The van der Waals surface area contributed by atoms with Crippen molar-refractivity contribution in [1.82, 2.24) is 14.2 Å². The third kappa shape index (κ3) is 4.72. The molecule has 0 radical (unpaired) electrons. The molecule has 8 heteroatoms.